The molecule has 1 amide bonds. The third-order valence-corrected chi connectivity index (χ3v) is 4.58. The highest BCUT2D eigenvalue weighted by Crippen LogP contribution is 2.33. The van der Waals surface area contributed by atoms with Crippen LogP contribution < -0.4 is 10.1 Å². The molecule has 0 atom stereocenters. The van der Waals surface area contributed by atoms with Gasteiger partial charge in [-0.3, -0.25) is 4.79 Å². The van der Waals surface area contributed by atoms with E-state index >= 15 is 0 Å². The van der Waals surface area contributed by atoms with Crippen LogP contribution in [0.4, 0.5) is 18.9 Å². The molecule has 0 unspecified atom stereocenters. The number of alkyl halides is 3. The third kappa shape index (κ3) is 5.02. The quantitative estimate of drug-likeness (QED) is 0.564. The van der Waals surface area contributed by atoms with Crippen molar-refractivity contribution in [2.45, 2.75) is 13.1 Å². The molecule has 0 spiro atoms. The van der Waals surface area contributed by atoms with Crippen LogP contribution in [-0.2, 0) is 11.0 Å². The highest BCUT2D eigenvalue weighted by molar-refractivity contribution is 6.32. The molecule has 0 aliphatic heterocycles. The lowest BCUT2D eigenvalue weighted by atomic mass is 10.2. The summed E-state index contributed by atoms with van der Waals surface area (Å²) in [4.78, 5) is 12.1. The molecule has 3 rings (SSSR count). The maximum absolute atomic E-state index is 13.1. The second-order valence-corrected chi connectivity index (χ2v) is 6.84. The van der Waals surface area contributed by atoms with Crippen molar-refractivity contribution in [3.8, 4) is 11.6 Å². The number of hydrogen-bond acceptors (Lipinski definition) is 3. The Morgan fingerprint density at radius 3 is 2.52 bits per heavy atom. The van der Waals surface area contributed by atoms with Crippen molar-refractivity contribution in [2.24, 2.45) is 0 Å². The van der Waals surface area contributed by atoms with Gasteiger partial charge < -0.3 is 10.1 Å². The summed E-state index contributed by atoms with van der Waals surface area (Å²) in [5.74, 6) is -0.854. The Bertz CT molecular complexity index is 1050. The van der Waals surface area contributed by atoms with Gasteiger partial charge >= 0.3 is 6.18 Å². The Morgan fingerprint density at radius 1 is 1.14 bits per heavy atom. The van der Waals surface area contributed by atoms with Crippen LogP contribution in [0.15, 0.2) is 48.5 Å². The number of carbonyl (C=O) groups excluding carboxylic acids is 1. The number of carbonyl (C=O) groups is 1. The Labute approximate surface area is 174 Å². The summed E-state index contributed by atoms with van der Waals surface area (Å²) in [7, 11) is 0. The zero-order valence-corrected chi connectivity index (χ0v) is 16.4. The number of nitrogens with zero attached hydrogens (tertiary/aromatic N) is 2. The van der Waals surface area contributed by atoms with Crippen LogP contribution >= 0.6 is 23.2 Å². The van der Waals surface area contributed by atoms with Crippen molar-refractivity contribution in [3.05, 3.63) is 69.8 Å². The number of para-hydroxylation sites is 1. The van der Waals surface area contributed by atoms with Gasteiger partial charge in [-0.25, -0.2) is 0 Å². The van der Waals surface area contributed by atoms with E-state index in [9.17, 15) is 18.0 Å². The highest BCUT2D eigenvalue weighted by atomic mass is 35.5. The zero-order chi connectivity index (χ0) is 21.2. The largest absolute Gasteiger partial charge is 0.467 e. The van der Waals surface area contributed by atoms with E-state index in [4.69, 9.17) is 27.9 Å². The van der Waals surface area contributed by atoms with Gasteiger partial charge in [0.15, 0.2) is 12.3 Å². The van der Waals surface area contributed by atoms with Gasteiger partial charge in [-0.2, -0.15) is 23.0 Å². The fourth-order valence-corrected chi connectivity index (χ4v) is 2.80. The maximum Gasteiger partial charge on any atom is 0.435 e. The van der Waals surface area contributed by atoms with Crippen LogP contribution in [0.2, 0.25) is 10.0 Å². The summed E-state index contributed by atoms with van der Waals surface area (Å²) in [5.41, 5.74) is 0.289. The Hall–Kier alpha value is -2.71. The molecule has 0 saturated carbocycles. The lowest BCUT2D eigenvalue weighted by molar-refractivity contribution is -0.141. The average molecular weight is 444 g/mol. The number of benzene rings is 2. The summed E-state index contributed by atoms with van der Waals surface area (Å²) < 4.78 is 45.5. The van der Waals surface area contributed by atoms with Crippen LogP contribution in [0, 0.1) is 6.92 Å². The molecule has 1 N–H and O–H groups in total. The number of halogens is 5. The molecule has 0 aliphatic carbocycles. The number of anilines is 1. The molecule has 3 aromatic rings. The average Bonchev–Trinajstić information content (AvgIpc) is 3.08. The molecule has 0 aliphatic rings. The third-order valence-electron chi connectivity index (χ3n) is 3.85. The van der Waals surface area contributed by atoms with E-state index in [0.717, 1.165) is 10.2 Å². The summed E-state index contributed by atoms with van der Waals surface area (Å²) >= 11 is 12.1. The van der Waals surface area contributed by atoms with Crippen molar-refractivity contribution in [1.29, 1.82) is 0 Å². The number of aromatic nitrogens is 2. The standard InChI is InChI=1S/C19H14Cl2F3N3O2/c1-11-6-7-12(8-14(11)21)25-17(28)10-29-18-9-16(19(22,23)24)26-27(18)15-5-3-2-4-13(15)20/h2-9H,10H2,1H3,(H,25,28). The second-order valence-electron chi connectivity index (χ2n) is 6.03. The number of aryl methyl sites for hydroxylation is 1. The SMILES string of the molecule is Cc1ccc(NC(=O)COc2cc(C(F)(F)F)nn2-c2ccccc2Cl)cc1Cl. The monoisotopic (exact) mass is 443 g/mol. The van der Waals surface area contributed by atoms with Crippen molar-refractivity contribution in [1.82, 2.24) is 9.78 Å². The molecule has 152 valence electrons. The normalized spacial score (nSPS) is 11.4. The predicted molar refractivity (Wildman–Crippen MR) is 104 cm³/mol. The maximum atomic E-state index is 13.1. The van der Waals surface area contributed by atoms with Gasteiger partial charge in [0, 0.05) is 16.8 Å². The number of rotatable bonds is 5. The molecular formula is C19H14Cl2F3N3O2. The zero-order valence-electron chi connectivity index (χ0n) is 14.9. The highest BCUT2D eigenvalue weighted by Gasteiger charge is 2.36. The van der Waals surface area contributed by atoms with Gasteiger partial charge in [-0.15, -0.1) is 0 Å². The number of hydrogen-bond donors (Lipinski definition) is 1. The Balaban J connectivity index is 1.80. The van der Waals surface area contributed by atoms with Crippen LogP contribution in [0.1, 0.15) is 11.3 Å². The first-order valence-electron chi connectivity index (χ1n) is 8.26. The van der Waals surface area contributed by atoms with Crippen molar-refractivity contribution < 1.29 is 22.7 Å². The lowest BCUT2D eigenvalue weighted by Crippen LogP contribution is -2.21. The van der Waals surface area contributed by atoms with Crippen LogP contribution in [0.5, 0.6) is 5.88 Å². The predicted octanol–water partition coefficient (Wildman–Crippen LogP) is 5.52. The van der Waals surface area contributed by atoms with Crippen molar-refractivity contribution in [3.63, 3.8) is 0 Å². The van der Waals surface area contributed by atoms with E-state index in [1.807, 2.05) is 6.92 Å². The minimum Gasteiger partial charge on any atom is -0.467 e. The fourth-order valence-electron chi connectivity index (χ4n) is 2.41. The molecule has 2 aromatic carbocycles. The van der Waals surface area contributed by atoms with Gasteiger partial charge in [0.1, 0.15) is 0 Å². The molecule has 10 heteroatoms. The van der Waals surface area contributed by atoms with Crippen LogP contribution in [0.3, 0.4) is 0 Å². The smallest absolute Gasteiger partial charge is 0.435 e. The molecule has 0 fully saturated rings. The molecule has 29 heavy (non-hydrogen) atoms. The van der Waals surface area contributed by atoms with E-state index in [1.54, 1.807) is 30.3 Å². The summed E-state index contributed by atoms with van der Waals surface area (Å²) in [5, 5.41) is 6.73. The lowest BCUT2D eigenvalue weighted by Gasteiger charge is -2.11. The minimum atomic E-state index is -4.69. The molecule has 5 nitrogen and oxygen atoms in total. The van der Waals surface area contributed by atoms with Gasteiger partial charge in [0.05, 0.1) is 10.7 Å². The van der Waals surface area contributed by atoms with Gasteiger partial charge in [0.2, 0.25) is 5.88 Å². The molecule has 1 aromatic heterocycles. The minimum absolute atomic E-state index is 0.174. The van der Waals surface area contributed by atoms with Gasteiger partial charge in [-0.1, -0.05) is 41.4 Å². The Kier molecular flexibility index (Phi) is 6.04. The molecular weight excluding hydrogens is 430 g/mol. The summed E-state index contributed by atoms with van der Waals surface area (Å²) in [6, 6.07) is 11.8. The molecule has 0 radical (unpaired) electrons. The molecule has 0 bridgehead atoms. The second kappa shape index (κ2) is 8.34. The van der Waals surface area contributed by atoms with E-state index in [0.29, 0.717) is 16.8 Å². The van der Waals surface area contributed by atoms with Crippen molar-refractivity contribution in [2.75, 3.05) is 11.9 Å². The van der Waals surface area contributed by atoms with E-state index < -0.39 is 24.4 Å². The number of amides is 1. The first kappa shape index (κ1) is 21.0. The number of nitrogens with one attached hydrogen (secondary N) is 1. The first-order chi connectivity index (χ1) is 13.6. The van der Waals surface area contributed by atoms with E-state index in [1.165, 1.54) is 12.1 Å². The number of ether oxygens (including phenoxy) is 1. The molecule has 0 saturated heterocycles. The van der Waals surface area contributed by atoms with Crippen LogP contribution in [-0.4, -0.2) is 22.3 Å². The van der Waals surface area contributed by atoms with E-state index in [-0.39, 0.29) is 16.6 Å². The Morgan fingerprint density at radius 2 is 1.86 bits per heavy atom. The summed E-state index contributed by atoms with van der Waals surface area (Å²) in [6.45, 7) is 1.27. The topological polar surface area (TPSA) is 56.1 Å². The van der Waals surface area contributed by atoms with Crippen molar-refractivity contribution >= 4 is 34.8 Å². The first-order valence-corrected chi connectivity index (χ1v) is 9.01. The molecule has 1 heterocycles. The summed E-state index contributed by atoms with van der Waals surface area (Å²) in [6.07, 6.45) is -4.69. The van der Waals surface area contributed by atoms with E-state index in [2.05, 4.69) is 10.4 Å². The van der Waals surface area contributed by atoms with Crippen LogP contribution in [0.25, 0.3) is 5.69 Å². The van der Waals surface area contributed by atoms with Gasteiger partial charge in [-0.05, 0) is 36.8 Å². The fraction of sp³-hybridized carbons (Fsp3) is 0.158. The van der Waals surface area contributed by atoms with Gasteiger partial charge in [0.25, 0.3) is 5.91 Å².